The molecule has 106 valence electrons. The first-order valence-corrected chi connectivity index (χ1v) is 7.10. The summed E-state index contributed by atoms with van der Waals surface area (Å²) in [5.41, 5.74) is 0.217. The molecule has 0 atom stereocenters. The number of benzene rings is 1. The maximum atomic E-state index is 11.8. The summed E-state index contributed by atoms with van der Waals surface area (Å²) in [5, 5.41) is 9.70. The summed E-state index contributed by atoms with van der Waals surface area (Å²) in [5.74, 6) is 5.26. The molecule has 1 aromatic carbocycles. The van der Waals surface area contributed by atoms with Crippen LogP contribution >= 0.6 is 0 Å². The molecule has 1 aliphatic rings. The first kappa shape index (κ1) is 14.6. The second kappa shape index (κ2) is 6.58. The van der Waals surface area contributed by atoms with Crippen LogP contribution in [0.15, 0.2) is 30.3 Å². The predicted molar refractivity (Wildman–Crippen MR) is 79.5 cm³/mol. The van der Waals surface area contributed by atoms with Gasteiger partial charge in [-0.15, -0.1) is 11.8 Å². The van der Waals surface area contributed by atoms with E-state index in [-0.39, 0.29) is 0 Å². The lowest BCUT2D eigenvalue weighted by atomic mass is 9.73. The molecule has 1 aliphatic heterocycles. The number of likely N-dealkylation sites (tertiary alicyclic amines) is 1. The van der Waals surface area contributed by atoms with Gasteiger partial charge < -0.3 is 10.0 Å². The molecular formula is C17H21NO2. The fraction of sp³-hybridized carbons (Fsp3) is 0.471. The average Bonchev–Trinajstić information content (AvgIpc) is 2.49. The molecule has 0 amide bonds. The van der Waals surface area contributed by atoms with Crippen molar-refractivity contribution in [2.75, 3.05) is 19.6 Å². The largest absolute Gasteiger partial charge is 0.481 e. The molecule has 1 aromatic rings. The van der Waals surface area contributed by atoms with Crippen LogP contribution in [0, 0.1) is 11.8 Å². The molecule has 0 saturated carbocycles. The molecule has 3 nitrogen and oxygen atoms in total. The summed E-state index contributed by atoms with van der Waals surface area (Å²) in [6.07, 6.45) is 2.21. The number of rotatable bonds is 4. The Morgan fingerprint density at radius 1 is 1.30 bits per heavy atom. The molecule has 3 heteroatoms. The van der Waals surface area contributed by atoms with Crippen LogP contribution in [0.5, 0.6) is 0 Å². The van der Waals surface area contributed by atoms with Crippen LogP contribution in [0.25, 0.3) is 0 Å². The highest BCUT2D eigenvalue weighted by Crippen LogP contribution is 2.35. The molecule has 2 rings (SSSR count). The van der Waals surface area contributed by atoms with E-state index in [4.69, 9.17) is 0 Å². The predicted octanol–water partition coefficient (Wildman–Crippen LogP) is 2.52. The van der Waals surface area contributed by atoms with Gasteiger partial charge in [0.05, 0.1) is 5.41 Å². The molecule has 0 spiro atoms. The summed E-state index contributed by atoms with van der Waals surface area (Å²) < 4.78 is 0. The van der Waals surface area contributed by atoms with Gasteiger partial charge in [0.25, 0.3) is 0 Å². The van der Waals surface area contributed by atoms with Crippen LogP contribution in [0.2, 0.25) is 0 Å². The monoisotopic (exact) mass is 271 g/mol. The van der Waals surface area contributed by atoms with Crippen LogP contribution in [0.4, 0.5) is 0 Å². The summed E-state index contributed by atoms with van der Waals surface area (Å²) in [7, 11) is 0. The van der Waals surface area contributed by atoms with Crippen molar-refractivity contribution >= 4 is 5.97 Å². The second-order valence-corrected chi connectivity index (χ2v) is 5.27. The number of piperidine rings is 1. The zero-order valence-electron chi connectivity index (χ0n) is 11.9. The third kappa shape index (κ3) is 3.02. The standard InChI is InChI=1S/C17H21NO2/c1-2-3-7-12-18-13-10-17(11-14-18,16(19)20)15-8-5-4-6-9-15/h4-6,8-9H,7,10-14H2,1H3,(H,19,20). The van der Waals surface area contributed by atoms with E-state index < -0.39 is 11.4 Å². The van der Waals surface area contributed by atoms with Crippen LogP contribution in [0.3, 0.4) is 0 Å². The van der Waals surface area contributed by atoms with Gasteiger partial charge in [-0.1, -0.05) is 30.3 Å². The van der Waals surface area contributed by atoms with Crippen molar-refractivity contribution in [3.63, 3.8) is 0 Å². The summed E-state index contributed by atoms with van der Waals surface area (Å²) in [6.45, 7) is 4.44. The summed E-state index contributed by atoms with van der Waals surface area (Å²) in [6, 6.07) is 9.64. The molecule has 20 heavy (non-hydrogen) atoms. The highest BCUT2D eigenvalue weighted by molar-refractivity contribution is 5.81. The number of aliphatic carboxylic acids is 1. The lowest BCUT2D eigenvalue weighted by Gasteiger charge is -2.39. The zero-order valence-corrected chi connectivity index (χ0v) is 11.9. The number of carboxylic acids is 1. The van der Waals surface area contributed by atoms with Crippen LogP contribution in [-0.4, -0.2) is 35.6 Å². The second-order valence-electron chi connectivity index (χ2n) is 5.27. The Hall–Kier alpha value is -1.79. The quantitative estimate of drug-likeness (QED) is 0.855. The van der Waals surface area contributed by atoms with Gasteiger partial charge in [0.2, 0.25) is 0 Å². The third-order valence-electron chi connectivity index (χ3n) is 4.18. The topological polar surface area (TPSA) is 40.5 Å². The molecule has 0 aromatic heterocycles. The van der Waals surface area contributed by atoms with Gasteiger partial charge in [-0.3, -0.25) is 4.79 Å². The molecule has 0 radical (unpaired) electrons. The minimum absolute atomic E-state index is 0.673. The van der Waals surface area contributed by atoms with Crippen molar-refractivity contribution in [3.05, 3.63) is 35.9 Å². The van der Waals surface area contributed by atoms with E-state index in [2.05, 4.69) is 16.7 Å². The average molecular weight is 271 g/mol. The Kier molecular flexibility index (Phi) is 4.81. The highest BCUT2D eigenvalue weighted by Gasteiger charge is 2.42. The van der Waals surface area contributed by atoms with E-state index in [0.29, 0.717) is 12.8 Å². The lowest BCUT2D eigenvalue weighted by Crippen LogP contribution is -2.47. The summed E-state index contributed by atoms with van der Waals surface area (Å²) in [4.78, 5) is 14.1. The van der Waals surface area contributed by atoms with Gasteiger partial charge in [-0.2, -0.15) is 0 Å². The van der Waals surface area contributed by atoms with E-state index in [1.54, 1.807) is 0 Å². The van der Waals surface area contributed by atoms with Crippen molar-refractivity contribution in [2.24, 2.45) is 0 Å². The lowest BCUT2D eigenvalue weighted by molar-refractivity contribution is -0.146. The van der Waals surface area contributed by atoms with Gasteiger partial charge >= 0.3 is 5.97 Å². The van der Waals surface area contributed by atoms with Crippen molar-refractivity contribution in [1.82, 2.24) is 4.90 Å². The van der Waals surface area contributed by atoms with Crippen molar-refractivity contribution in [1.29, 1.82) is 0 Å². The maximum Gasteiger partial charge on any atom is 0.314 e. The van der Waals surface area contributed by atoms with Gasteiger partial charge in [-0.05, 0) is 38.4 Å². The first-order chi connectivity index (χ1) is 9.69. The minimum Gasteiger partial charge on any atom is -0.481 e. The van der Waals surface area contributed by atoms with E-state index in [1.165, 1.54) is 0 Å². The van der Waals surface area contributed by atoms with Gasteiger partial charge in [0.15, 0.2) is 0 Å². The molecule has 1 heterocycles. The molecule has 0 unspecified atom stereocenters. The fourth-order valence-corrected chi connectivity index (χ4v) is 2.88. The van der Waals surface area contributed by atoms with Gasteiger partial charge in [-0.25, -0.2) is 0 Å². The number of carboxylic acid groups (broad SMARTS) is 1. The van der Waals surface area contributed by atoms with Gasteiger partial charge in [0.1, 0.15) is 0 Å². The minimum atomic E-state index is -0.714. The zero-order chi connectivity index (χ0) is 14.4. The molecular weight excluding hydrogens is 250 g/mol. The van der Waals surface area contributed by atoms with Crippen molar-refractivity contribution in [3.8, 4) is 11.8 Å². The van der Waals surface area contributed by atoms with E-state index >= 15 is 0 Å². The molecule has 1 fully saturated rings. The Labute approximate surface area is 120 Å². The van der Waals surface area contributed by atoms with Crippen molar-refractivity contribution < 1.29 is 9.90 Å². The van der Waals surface area contributed by atoms with E-state index in [1.807, 2.05) is 37.3 Å². The maximum absolute atomic E-state index is 11.8. The SMILES string of the molecule is CC#CCCN1CCC(C(=O)O)(c2ccccc2)CC1. The van der Waals surface area contributed by atoms with Crippen LogP contribution in [-0.2, 0) is 10.2 Å². The van der Waals surface area contributed by atoms with Crippen LogP contribution in [0.1, 0.15) is 31.7 Å². The highest BCUT2D eigenvalue weighted by atomic mass is 16.4. The van der Waals surface area contributed by atoms with E-state index in [9.17, 15) is 9.90 Å². The Bertz CT molecular complexity index is 505. The first-order valence-electron chi connectivity index (χ1n) is 7.10. The smallest absolute Gasteiger partial charge is 0.314 e. The molecule has 1 saturated heterocycles. The van der Waals surface area contributed by atoms with Gasteiger partial charge in [0, 0.05) is 13.0 Å². The summed E-state index contributed by atoms with van der Waals surface area (Å²) >= 11 is 0. The Morgan fingerprint density at radius 3 is 2.50 bits per heavy atom. The molecule has 1 N–H and O–H groups in total. The number of carbonyl (C=O) groups is 1. The number of hydrogen-bond acceptors (Lipinski definition) is 2. The molecule has 0 aliphatic carbocycles. The number of nitrogens with zero attached hydrogens (tertiary/aromatic N) is 1. The number of hydrogen-bond donors (Lipinski definition) is 1. The Balaban J connectivity index is 2.07. The molecule has 0 bridgehead atoms. The Morgan fingerprint density at radius 2 is 1.95 bits per heavy atom. The third-order valence-corrected chi connectivity index (χ3v) is 4.18. The van der Waals surface area contributed by atoms with Crippen molar-refractivity contribution in [2.45, 2.75) is 31.6 Å². The normalized spacial score (nSPS) is 18.1. The van der Waals surface area contributed by atoms with E-state index in [0.717, 1.165) is 31.6 Å². The van der Waals surface area contributed by atoms with Crippen LogP contribution < -0.4 is 0 Å². The fourth-order valence-electron chi connectivity index (χ4n) is 2.88.